The number of nitrogens with zero attached hydrogens (tertiary/aromatic N) is 1. The van der Waals surface area contributed by atoms with Gasteiger partial charge in [-0.15, -0.1) is 0 Å². The highest BCUT2D eigenvalue weighted by Gasteiger charge is 2.07. The Morgan fingerprint density at radius 2 is 2.19 bits per heavy atom. The summed E-state index contributed by atoms with van der Waals surface area (Å²) in [5.41, 5.74) is 1.44. The van der Waals surface area contributed by atoms with Crippen LogP contribution in [0, 0.1) is 13.0 Å². The van der Waals surface area contributed by atoms with Crippen LogP contribution in [0.4, 0.5) is 5.82 Å². The van der Waals surface area contributed by atoms with Gasteiger partial charge < -0.3 is 5.32 Å². The number of carbonyl (C=O) groups is 1. The van der Waals surface area contributed by atoms with E-state index in [0.717, 1.165) is 5.56 Å². The average Bonchev–Trinajstić information content (AvgIpc) is 2.33. The molecule has 0 unspecified atom stereocenters. The number of pyridine rings is 1. The van der Waals surface area contributed by atoms with E-state index in [1.807, 2.05) is 25.1 Å². The molecule has 1 aromatic heterocycles. The zero-order chi connectivity index (χ0) is 11.4. The Hall–Kier alpha value is -2.16. The summed E-state index contributed by atoms with van der Waals surface area (Å²) in [5.74, 6) is 0.396. The Morgan fingerprint density at radius 1 is 1.31 bits per heavy atom. The van der Waals surface area contributed by atoms with E-state index in [1.54, 1.807) is 24.4 Å². The van der Waals surface area contributed by atoms with Crippen LogP contribution in [0.3, 0.4) is 0 Å². The number of amides is 1. The Kier molecular flexibility index (Phi) is 2.96. The van der Waals surface area contributed by atoms with E-state index in [9.17, 15) is 4.79 Å². The Morgan fingerprint density at radius 3 is 2.88 bits per heavy atom. The Bertz CT molecular complexity index is 494. The van der Waals surface area contributed by atoms with Crippen LogP contribution < -0.4 is 5.32 Å². The molecule has 3 nitrogen and oxygen atoms in total. The van der Waals surface area contributed by atoms with E-state index in [-0.39, 0.29) is 5.91 Å². The summed E-state index contributed by atoms with van der Waals surface area (Å²) >= 11 is 0. The van der Waals surface area contributed by atoms with Gasteiger partial charge in [0, 0.05) is 11.8 Å². The molecule has 1 radical (unpaired) electrons. The number of nitrogens with one attached hydrogen (secondary N) is 1. The molecule has 16 heavy (non-hydrogen) atoms. The van der Waals surface area contributed by atoms with Gasteiger partial charge in [-0.2, -0.15) is 0 Å². The third-order valence-electron chi connectivity index (χ3n) is 2.20. The average molecular weight is 211 g/mol. The van der Waals surface area contributed by atoms with Gasteiger partial charge in [-0.1, -0.05) is 24.3 Å². The maximum atomic E-state index is 11.8. The van der Waals surface area contributed by atoms with Crippen LogP contribution in [-0.4, -0.2) is 10.9 Å². The lowest BCUT2D eigenvalue weighted by molar-refractivity contribution is 0.102. The molecule has 0 atom stereocenters. The number of anilines is 1. The molecule has 1 heterocycles. The maximum Gasteiger partial charge on any atom is 0.257 e. The van der Waals surface area contributed by atoms with Crippen molar-refractivity contribution in [3.8, 4) is 0 Å². The summed E-state index contributed by atoms with van der Waals surface area (Å²) < 4.78 is 0. The van der Waals surface area contributed by atoms with Gasteiger partial charge in [-0.05, 0) is 30.7 Å². The molecule has 1 N–H and O–H groups in total. The first kappa shape index (κ1) is 10.4. The van der Waals surface area contributed by atoms with Gasteiger partial charge in [0.05, 0.1) is 0 Å². The summed E-state index contributed by atoms with van der Waals surface area (Å²) in [5, 5.41) is 2.75. The predicted molar refractivity (Wildman–Crippen MR) is 62.2 cm³/mol. The SMILES string of the molecule is Cc1cccnc1NC(=O)c1[c]cccc1. The van der Waals surface area contributed by atoms with E-state index in [0.29, 0.717) is 11.4 Å². The zero-order valence-electron chi connectivity index (χ0n) is 8.90. The van der Waals surface area contributed by atoms with Gasteiger partial charge >= 0.3 is 0 Å². The van der Waals surface area contributed by atoms with Crippen molar-refractivity contribution in [3.05, 3.63) is 59.8 Å². The van der Waals surface area contributed by atoms with Gasteiger partial charge in [0.25, 0.3) is 5.91 Å². The number of benzene rings is 1. The van der Waals surface area contributed by atoms with Crippen molar-refractivity contribution in [1.29, 1.82) is 0 Å². The number of hydrogen-bond acceptors (Lipinski definition) is 2. The van der Waals surface area contributed by atoms with E-state index >= 15 is 0 Å². The monoisotopic (exact) mass is 211 g/mol. The molecule has 2 aromatic rings. The highest BCUT2D eigenvalue weighted by Crippen LogP contribution is 2.10. The van der Waals surface area contributed by atoms with Crippen molar-refractivity contribution >= 4 is 11.7 Å². The van der Waals surface area contributed by atoms with E-state index in [2.05, 4.69) is 16.4 Å². The predicted octanol–water partition coefficient (Wildman–Crippen LogP) is 2.44. The van der Waals surface area contributed by atoms with Crippen LogP contribution in [0.5, 0.6) is 0 Å². The minimum atomic E-state index is -0.192. The van der Waals surface area contributed by atoms with Crippen molar-refractivity contribution in [3.63, 3.8) is 0 Å². The first-order valence-corrected chi connectivity index (χ1v) is 4.97. The normalized spacial score (nSPS) is 9.81. The molecule has 0 spiro atoms. The second-order valence-electron chi connectivity index (χ2n) is 3.40. The minimum absolute atomic E-state index is 0.192. The van der Waals surface area contributed by atoms with Crippen LogP contribution in [-0.2, 0) is 0 Å². The van der Waals surface area contributed by atoms with Crippen molar-refractivity contribution in [1.82, 2.24) is 4.98 Å². The van der Waals surface area contributed by atoms with E-state index in [1.165, 1.54) is 0 Å². The lowest BCUT2D eigenvalue weighted by Gasteiger charge is -2.06. The molecule has 0 aliphatic rings. The summed E-state index contributed by atoms with van der Waals surface area (Å²) in [4.78, 5) is 15.9. The highest BCUT2D eigenvalue weighted by molar-refractivity contribution is 6.03. The van der Waals surface area contributed by atoms with Crippen LogP contribution in [0.25, 0.3) is 0 Å². The molecule has 0 fully saturated rings. The minimum Gasteiger partial charge on any atom is -0.306 e. The molecule has 0 saturated carbocycles. The summed E-state index contributed by atoms with van der Waals surface area (Å²) in [7, 11) is 0. The van der Waals surface area contributed by atoms with Gasteiger partial charge in [0.15, 0.2) is 0 Å². The third-order valence-corrected chi connectivity index (χ3v) is 2.20. The van der Waals surface area contributed by atoms with Gasteiger partial charge in [-0.3, -0.25) is 4.79 Å². The fourth-order valence-corrected chi connectivity index (χ4v) is 1.33. The first-order chi connectivity index (χ1) is 7.77. The number of aryl methyl sites for hydroxylation is 1. The van der Waals surface area contributed by atoms with E-state index in [4.69, 9.17) is 0 Å². The molecule has 3 heteroatoms. The zero-order valence-corrected chi connectivity index (χ0v) is 8.90. The van der Waals surface area contributed by atoms with Gasteiger partial charge in [0.2, 0.25) is 0 Å². The molecule has 0 aliphatic carbocycles. The number of aromatic nitrogens is 1. The molecule has 1 aromatic carbocycles. The molecule has 0 bridgehead atoms. The van der Waals surface area contributed by atoms with Crippen molar-refractivity contribution < 1.29 is 4.79 Å². The molecular weight excluding hydrogens is 200 g/mol. The summed E-state index contributed by atoms with van der Waals surface area (Å²) in [6.45, 7) is 1.90. The Labute approximate surface area is 94.1 Å². The number of carbonyl (C=O) groups excluding carboxylic acids is 1. The topological polar surface area (TPSA) is 42.0 Å². The molecule has 79 valence electrons. The van der Waals surface area contributed by atoms with Crippen molar-refractivity contribution in [2.45, 2.75) is 6.92 Å². The fourth-order valence-electron chi connectivity index (χ4n) is 1.33. The molecule has 0 aliphatic heterocycles. The number of rotatable bonds is 2. The van der Waals surface area contributed by atoms with Crippen LogP contribution in [0.2, 0.25) is 0 Å². The van der Waals surface area contributed by atoms with Gasteiger partial charge in [0.1, 0.15) is 5.82 Å². The summed E-state index contributed by atoms with van der Waals surface area (Å²) in [6.07, 6.45) is 1.65. The van der Waals surface area contributed by atoms with Crippen LogP contribution in [0.1, 0.15) is 15.9 Å². The number of hydrogen-bond donors (Lipinski definition) is 1. The van der Waals surface area contributed by atoms with Gasteiger partial charge in [-0.25, -0.2) is 4.98 Å². The quantitative estimate of drug-likeness (QED) is 0.829. The maximum absolute atomic E-state index is 11.8. The van der Waals surface area contributed by atoms with E-state index < -0.39 is 0 Å². The third kappa shape index (κ3) is 2.25. The Balaban J connectivity index is 2.18. The standard InChI is InChI=1S/C13H11N2O/c1-10-6-5-9-14-12(10)15-13(16)11-7-3-2-4-8-11/h2-7,9H,1H3,(H,14,15,16). The van der Waals surface area contributed by atoms with Crippen molar-refractivity contribution in [2.24, 2.45) is 0 Å². The molecule has 0 saturated heterocycles. The van der Waals surface area contributed by atoms with Crippen LogP contribution >= 0.6 is 0 Å². The molecule has 2 rings (SSSR count). The molecular formula is C13H11N2O. The lowest BCUT2D eigenvalue weighted by Crippen LogP contribution is -2.13. The fraction of sp³-hybridized carbons (Fsp3) is 0.0769. The second kappa shape index (κ2) is 4.57. The lowest BCUT2D eigenvalue weighted by atomic mass is 10.2. The molecule has 1 amide bonds. The highest BCUT2D eigenvalue weighted by atomic mass is 16.1. The van der Waals surface area contributed by atoms with Crippen LogP contribution in [0.15, 0.2) is 42.6 Å². The second-order valence-corrected chi connectivity index (χ2v) is 3.40. The largest absolute Gasteiger partial charge is 0.306 e. The smallest absolute Gasteiger partial charge is 0.257 e. The van der Waals surface area contributed by atoms with Crippen molar-refractivity contribution in [2.75, 3.05) is 5.32 Å². The summed E-state index contributed by atoms with van der Waals surface area (Å²) in [6, 6.07) is 13.7. The first-order valence-electron chi connectivity index (χ1n) is 4.97.